The first-order valence-corrected chi connectivity index (χ1v) is 10.7. The Labute approximate surface area is 188 Å². The first-order chi connectivity index (χ1) is 14.8. The van der Waals surface area contributed by atoms with Gasteiger partial charge in [0.05, 0.1) is 22.0 Å². The molecule has 0 fully saturated rings. The minimum Gasteiger partial charge on any atom is -0.402 e. The van der Waals surface area contributed by atoms with Crippen LogP contribution in [0, 0.1) is 13.8 Å². The third-order valence-corrected chi connectivity index (χ3v) is 6.02. The molecule has 1 aliphatic rings. The number of hydrogen-bond acceptors (Lipinski definition) is 6. The number of aromatic nitrogens is 1. The highest BCUT2D eigenvalue weighted by Crippen LogP contribution is 2.33. The fraction of sp³-hybridized carbons (Fsp3) is 0.130. The van der Waals surface area contributed by atoms with E-state index in [1.807, 2.05) is 32.0 Å². The first kappa shape index (κ1) is 21.0. The Kier molecular flexibility index (Phi) is 5.71. The van der Waals surface area contributed by atoms with Crippen molar-refractivity contribution < 1.29 is 14.3 Å². The lowest BCUT2D eigenvalue weighted by atomic mass is 10.1. The van der Waals surface area contributed by atoms with Gasteiger partial charge in [-0.25, -0.2) is 14.8 Å². The van der Waals surface area contributed by atoms with Gasteiger partial charge in [-0.2, -0.15) is 0 Å². The quantitative estimate of drug-likeness (QED) is 0.391. The fourth-order valence-corrected chi connectivity index (χ4v) is 4.18. The number of carbonyl (C=O) groups excluding carboxylic acids is 2. The Balaban J connectivity index is 1.67. The lowest BCUT2D eigenvalue weighted by molar-refractivity contribution is -0.130. The van der Waals surface area contributed by atoms with Crippen LogP contribution in [0.2, 0.25) is 5.02 Å². The smallest absolute Gasteiger partial charge is 0.363 e. The lowest BCUT2D eigenvalue weighted by Gasteiger charge is -2.21. The molecule has 0 N–H and O–H groups in total. The number of thiazole rings is 1. The number of carbonyl (C=O) groups is 2. The van der Waals surface area contributed by atoms with Crippen LogP contribution in [0.15, 0.2) is 58.5 Å². The van der Waals surface area contributed by atoms with Gasteiger partial charge in [-0.1, -0.05) is 35.9 Å². The largest absolute Gasteiger partial charge is 0.402 e. The van der Waals surface area contributed by atoms with Crippen molar-refractivity contribution in [2.45, 2.75) is 20.8 Å². The number of esters is 1. The molecular weight excluding hydrogens is 434 g/mol. The first-order valence-electron chi connectivity index (χ1n) is 9.45. The number of amides is 1. The normalized spacial score (nSPS) is 14.5. The van der Waals surface area contributed by atoms with E-state index in [0.717, 1.165) is 16.8 Å². The highest BCUT2D eigenvalue weighted by atomic mass is 35.5. The van der Waals surface area contributed by atoms with Gasteiger partial charge in [-0.15, -0.1) is 11.3 Å². The van der Waals surface area contributed by atoms with E-state index < -0.39 is 5.97 Å². The molecule has 0 saturated heterocycles. The molecule has 6 nitrogen and oxygen atoms in total. The molecule has 0 aliphatic carbocycles. The van der Waals surface area contributed by atoms with E-state index in [9.17, 15) is 9.59 Å². The van der Waals surface area contributed by atoms with Gasteiger partial charge in [-0.05, 0) is 49.2 Å². The number of anilines is 2. The third-order valence-electron chi connectivity index (χ3n) is 4.84. The van der Waals surface area contributed by atoms with Crippen LogP contribution in [0.3, 0.4) is 0 Å². The molecule has 2 aromatic carbocycles. The van der Waals surface area contributed by atoms with Crippen molar-refractivity contribution >= 4 is 57.6 Å². The maximum Gasteiger partial charge on any atom is 0.363 e. The monoisotopic (exact) mass is 451 g/mol. The van der Waals surface area contributed by atoms with Gasteiger partial charge in [0.1, 0.15) is 0 Å². The number of nitrogens with zero attached hydrogens (tertiary/aromatic N) is 3. The summed E-state index contributed by atoms with van der Waals surface area (Å²) < 4.78 is 5.27. The molecule has 4 rings (SSSR count). The number of aryl methyl sites for hydroxylation is 1. The number of rotatable bonds is 4. The number of aliphatic imine (C=N–C) groups is 1. The van der Waals surface area contributed by atoms with Crippen LogP contribution in [-0.4, -0.2) is 22.8 Å². The molecule has 8 heteroatoms. The summed E-state index contributed by atoms with van der Waals surface area (Å²) >= 11 is 7.48. The molecule has 0 bridgehead atoms. The summed E-state index contributed by atoms with van der Waals surface area (Å²) in [5.41, 5.74) is 4.03. The zero-order valence-electron chi connectivity index (χ0n) is 17.0. The van der Waals surface area contributed by atoms with Gasteiger partial charge >= 0.3 is 5.97 Å². The Morgan fingerprint density at radius 3 is 2.68 bits per heavy atom. The molecule has 2 heterocycles. The van der Waals surface area contributed by atoms with Crippen molar-refractivity contribution in [2.75, 3.05) is 4.90 Å². The van der Waals surface area contributed by atoms with Crippen LogP contribution in [0.4, 0.5) is 10.8 Å². The van der Waals surface area contributed by atoms with Gasteiger partial charge in [0.25, 0.3) is 0 Å². The molecular formula is C23H18ClN3O3S. The number of benzene rings is 2. The molecule has 1 amide bonds. The van der Waals surface area contributed by atoms with Gasteiger partial charge in [0.2, 0.25) is 11.8 Å². The maximum absolute atomic E-state index is 12.4. The second-order valence-electron chi connectivity index (χ2n) is 6.94. The molecule has 31 heavy (non-hydrogen) atoms. The van der Waals surface area contributed by atoms with Gasteiger partial charge in [0, 0.05) is 12.3 Å². The van der Waals surface area contributed by atoms with E-state index in [2.05, 4.69) is 9.98 Å². The van der Waals surface area contributed by atoms with Gasteiger partial charge in [-0.3, -0.25) is 9.69 Å². The number of hydrogen-bond donors (Lipinski definition) is 0. The summed E-state index contributed by atoms with van der Waals surface area (Å²) in [5, 5.41) is 2.71. The molecule has 156 valence electrons. The molecule has 1 aliphatic heterocycles. The third kappa shape index (κ3) is 4.15. The molecule has 0 atom stereocenters. The van der Waals surface area contributed by atoms with E-state index >= 15 is 0 Å². The summed E-state index contributed by atoms with van der Waals surface area (Å²) in [4.78, 5) is 35.1. The van der Waals surface area contributed by atoms with E-state index in [1.54, 1.807) is 34.5 Å². The highest BCUT2D eigenvalue weighted by molar-refractivity contribution is 7.14. The van der Waals surface area contributed by atoms with Crippen molar-refractivity contribution in [1.82, 2.24) is 4.98 Å². The van der Waals surface area contributed by atoms with E-state index in [0.29, 0.717) is 21.4 Å². The van der Waals surface area contributed by atoms with E-state index in [-0.39, 0.29) is 17.5 Å². The zero-order valence-corrected chi connectivity index (χ0v) is 18.6. The number of ether oxygens (including phenoxy) is 1. The summed E-state index contributed by atoms with van der Waals surface area (Å²) in [5.74, 6) is -0.581. The molecule has 0 unspecified atom stereocenters. The Hall–Kier alpha value is -3.29. The standard InChI is InChI=1S/C23H18ClN3O3S/c1-13-7-6-10-20(14(13)2)27(15(3)28)23-25-16(12-31-23)11-19-22(29)30-21(26-19)17-8-4-5-9-18(17)24/h4-12H,1-3H3/b19-11-. The minimum absolute atomic E-state index is 0.118. The number of cyclic esters (lactones) is 1. The lowest BCUT2D eigenvalue weighted by Crippen LogP contribution is -2.23. The summed E-state index contributed by atoms with van der Waals surface area (Å²) in [6, 6.07) is 12.8. The van der Waals surface area contributed by atoms with Crippen molar-refractivity contribution in [3.8, 4) is 0 Å². The van der Waals surface area contributed by atoms with Crippen molar-refractivity contribution in [2.24, 2.45) is 4.99 Å². The second kappa shape index (κ2) is 8.45. The average molecular weight is 452 g/mol. The minimum atomic E-state index is -0.581. The van der Waals surface area contributed by atoms with Crippen LogP contribution < -0.4 is 4.90 Å². The zero-order chi connectivity index (χ0) is 22.1. The predicted octanol–water partition coefficient (Wildman–Crippen LogP) is 5.44. The van der Waals surface area contributed by atoms with Crippen LogP contribution in [0.25, 0.3) is 6.08 Å². The van der Waals surface area contributed by atoms with Gasteiger partial charge < -0.3 is 4.74 Å². The topological polar surface area (TPSA) is 71.9 Å². The van der Waals surface area contributed by atoms with Gasteiger partial charge in [0.15, 0.2) is 10.8 Å². The summed E-state index contributed by atoms with van der Waals surface area (Å²) in [6.45, 7) is 5.46. The summed E-state index contributed by atoms with van der Waals surface area (Å²) in [6.07, 6.45) is 1.54. The van der Waals surface area contributed by atoms with E-state index in [1.165, 1.54) is 24.3 Å². The fourth-order valence-electron chi connectivity index (χ4n) is 3.13. The van der Waals surface area contributed by atoms with Crippen LogP contribution in [-0.2, 0) is 14.3 Å². The average Bonchev–Trinajstić information content (AvgIpc) is 3.33. The Morgan fingerprint density at radius 1 is 1.16 bits per heavy atom. The SMILES string of the molecule is CC(=O)N(c1nc(/C=C2\N=C(c3ccccc3Cl)OC2=O)cs1)c1cccc(C)c1C. The molecule has 0 saturated carbocycles. The Morgan fingerprint density at radius 2 is 1.94 bits per heavy atom. The van der Waals surface area contributed by atoms with Crippen LogP contribution in [0.1, 0.15) is 29.3 Å². The summed E-state index contributed by atoms with van der Waals surface area (Å²) in [7, 11) is 0. The van der Waals surface area contributed by atoms with Crippen molar-refractivity contribution in [1.29, 1.82) is 0 Å². The maximum atomic E-state index is 12.4. The molecule has 1 aromatic heterocycles. The number of halogens is 1. The second-order valence-corrected chi connectivity index (χ2v) is 8.19. The van der Waals surface area contributed by atoms with Crippen molar-refractivity contribution in [3.05, 3.63) is 80.9 Å². The van der Waals surface area contributed by atoms with Crippen molar-refractivity contribution in [3.63, 3.8) is 0 Å². The molecule has 0 radical (unpaired) electrons. The van der Waals surface area contributed by atoms with Crippen LogP contribution in [0.5, 0.6) is 0 Å². The molecule has 3 aromatic rings. The Bertz CT molecular complexity index is 1260. The van der Waals surface area contributed by atoms with E-state index in [4.69, 9.17) is 16.3 Å². The highest BCUT2D eigenvalue weighted by Gasteiger charge is 2.26. The molecule has 0 spiro atoms. The predicted molar refractivity (Wildman–Crippen MR) is 123 cm³/mol. The van der Waals surface area contributed by atoms with Crippen LogP contribution >= 0.6 is 22.9 Å².